The Balaban J connectivity index is 1.47. The van der Waals surface area contributed by atoms with E-state index < -0.39 is 5.97 Å². The molecular formula is C29H31FO4. The number of ether oxygens (including phenoxy) is 2. The van der Waals surface area contributed by atoms with Crippen molar-refractivity contribution in [2.24, 2.45) is 0 Å². The normalized spacial score (nSPS) is 18.0. The molecule has 0 amide bonds. The van der Waals surface area contributed by atoms with Gasteiger partial charge in [-0.2, -0.15) is 0 Å². The average Bonchev–Trinajstić information content (AvgIpc) is 2.84. The summed E-state index contributed by atoms with van der Waals surface area (Å²) in [6, 6.07) is 18.8. The van der Waals surface area contributed by atoms with Crippen molar-refractivity contribution in [2.75, 3.05) is 7.11 Å². The van der Waals surface area contributed by atoms with Gasteiger partial charge in [-0.1, -0.05) is 43.3 Å². The summed E-state index contributed by atoms with van der Waals surface area (Å²) < 4.78 is 25.2. The number of aromatic carboxylic acids is 1. The first-order chi connectivity index (χ1) is 16.4. The van der Waals surface area contributed by atoms with Gasteiger partial charge in [0.15, 0.2) is 11.6 Å². The average molecular weight is 463 g/mol. The zero-order chi connectivity index (χ0) is 24.2. The van der Waals surface area contributed by atoms with Gasteiger partial charge in [0.05, 0.1) is 18.8 Å². The fraction of sp³-hybridized carbons (Fsp3) is 0.345. The number of carboxylic acid groups (broad SMARTS) is 1. The number of halogens is 1. The lowest BCUT2D eigenvalue weighted by molar-refractivity contribution is 0.0696. The summed E-state index contributed by atoms with van der Waals surface area (Å²) in [5.41, 5.74) is 4.29. The fourth-order valence-corrected chi connectivity index (χ4v) is 4.87. The molecule has 0 unspecified atom stereocenters. The van der Waals surface area contributed by atoms with Gasteiger partial charge in [-0.05, 0) is 79.5 Å². The molecule has 34 heavy (non-hydrogen) atoms. The molecule has 4 nitrogen and oxygen atoms in total. The van der Waals surface area contributed by atoms with Crippen LogP contribution in [0, 0.1) is 12.7 Å². The number of rotatable bonds is 8. The van der Waals surface area contributed by atoms with Crippen LogP contribution in [0.25, 0.3) is 0 Å². The minimum absolute atomic E-state index is 0.0458. The van der Waals surface area contributed by atoms with Crippen molar-refractivity contribution in [1.82, 2.24) is 0 Å². The molecule has 0 aliphatic carbocycles. The first kappa shape index (κ1) is 23.8. The Bertz CT molecular complexity index is 1170. The summed E-state index contributed by atoms with van der Waals surface area (Å²) in [6.07, 6.45) is 3.66. The third-order valence-electron chi connectivity index (χ3n) is 6.89. The van der Waals surface area contributed by atoms with Gasteiger partial charge < -0.3 is 14.6 Å². The van der Waals surface area contributed by atoms with Crippen LogP contribution in [0.15, 0.2) is 60.7 Å². The Morgan fingerprint density at radius 3 is 2.74 bits per heavy atom. The minimum atomic E-state index is -0.900. The number of fused-ring (bicyclic) bond motifs is 1. The maximum atomic E-state index is 13.7. The molecule has 178 valence electrons. The number of benzene rings is 3. The van der Waals surface area contributed by atoms with Crippen LogP contribution in [0.4, 0.5) is 4.39 Å². The van der Waals surface area contributed by atoms with Crippen LogP contribution in [0.1, 0.15) is 77.1 Å². The van der Waals surface area contributed by atoms with Crippen LogP contribution in [0.2, 0.25) is 0 Å². The molecule has 3 aromatic carbocycles. The van der Waals surface area contributed by atoms with Crippen molar-refractivity contribution in [2.45, 2.75) is 57.5 Å². The standard InChI is InChI=1S/C29H31FO4/c1-18(20-13-14-26(30)28(16-20)33-3)7-6-8-22-17-25(23-9-4-5-10-27(23)34-22)21-12-11-19(2)24(15-21)29(31)32/h4-5,9-16,18,22,25H,6-8,17H2,1-3H3,(H,31,32)/t18-,22-,25-/m0/s1. The highest BCUT2D eigenvalue weighted by atomic mass is 19.1. The Hall–Kier alpha value is -3.34. The van der Waals surface area contributed by atoms with E-state index in [1.165, 1.54) is 13.2 Å². The molecular weight excluding hydrogens is 431 g/mol. The van der Waals surface area contributed by atoms with Crippen LogP contribution in [-0.2, 0) is 0 Å². The first-order valence-corrected chi connectivity index (χ1v) is 11.8. The highest BCUT2D eigenvalue weighted by Crippen LogP contribution is 2.42. The van der Waals surface area contributed by atoms with E-state index in [-0.39, 0.29) is 29.5 Å². The monoisotopic (exact) mass is 462 g/mol. The molecule has 1 aliphatic heterocycles. The third kappa shape index (κ3) is 5.09. The van der Waals surface area contributed by atoms with Gasteiger partial charge in [-0.25, -0.2) is 9.18 Å². The van der Waals surface area contributed by atoms with Gasteiger partial charge in [0.25, 0.3) is 0 Å². The van der Waals surface area contributed by atoms with E-state index in [1.807, 2.05) is 49.4 Å². The van der Waals surface area contributed by atoms with Gasteiger partial charge >= 0.3 is 5.97 Å². The third-order valence-corrected chi connectivity index (χ3v) is 6.89. The summed E-state index contributed by atoms with van der Waals surface area (Å²) in [6.45, 7) is 3.97. The smallest absolute Gasteiger partial charge is 0.335 e. The lowest BCUT2D eigenvalue weighted by Gasteiger charge is -2.33. The second-order valence-corrected chi connectivity index (χ2v) is 9.17. The molecule has 1 aliphatic rings. The van der Waals surface area contributed by atoms with Crippen LogP contribution in [-0.4, -0.2) is 24.3 Å². The minimum Gasteiger partial charge on any atom is -0.494 e. The maximum absolute atomic E-state index is 13.7. The fourth-order valence-electron chi connectivity index (χ4n) is 4.87. The summed E-state index contributed by atoms with van der Waals surface area (Å²) in [7, 11) is 1.48. The predicted molar refractivity (Wildman–Crippen MR) is 131 cm³/mol. The SMILES string of the molecule is COc1cc([C@@H](C)CCC[C@H]2C[C@@H](c3ccc(C)c(C(=O)O)c3)c3ccccc3O2)ccc1F. The Labute approximate surface area is 200 Å². The predicted octanol–water partition coefficient (Wildman–Crippen LogP) is 7.10. The molecule has 3 atom stereocenters. The number of hydrogen-bond acceptors (Lipinski definition) is 3. The van der Waals surface area contributed by atoms with E-state index in [2.05, 4.69) is 13.0 Å². The molecule has 0 spiro atoms. The largest absolute Gasteiger partial charge is 0.494 e. The summed E-state index contributed by atoms with van der Waals surface area (Å²) in [5, 5.41) is 9.59. The molecule has 1 N–H and O–H groups in total. The lowest BCUT2D eigenvalue weighted by Crippen LogP contribution is -2.26. The van der Waals surface area contributed by atoms with Crippen LogP contribution >= 0.6 is 0 Å². The van der Waals surface area contributed by atoms with E-state index in [4.69, 9.17) is 9.47 Å². The summed E-state index contributed by atoms with van der Waals surface area (Å²) in [4.78, 5) is 11.7. The van der Waals surface area contributed by atoms with Crippen molar-refractivity contribution >= 4 is 5.97 Å². The Morgan fingerprint density at radius 2 is 1.97 bits per heavy atom. The Kier molecular flexibility index (Phi) is 7.20. The zero-order valence-corrected chi connectivity index (χ0v) is 19.9. The van der Waals surface area contributed by atoms with Crippen LogP contribution in [0.3, 0.4) is 0 Å². The van der Waals surface area contributed by atoms with E-state index in [0.717, 1.165) is 53.7 Å². The molecule has 0 saturated carbocycles. The Morgan fingerprint density at radius 1 is 1.18 bits per heavy atom. The number of carboxylic acids is 1. The van der Waals surface area contributed by atoms with Gasteiger partial charge in [-0.15, -0.1) is 0 Å². The highest BCUT2D eigenvalue weighted by Gasteiger charge is 2.29. The van der Waals surface area contributed by atoms with Gasteiger partial charge in [-0.3, -0.25) is 0 Å². The van der Waals surface area contributed by atoms with Crippen molar-refractivity contribution in [3.05, 3.63) is 94.3 Å². The molecule has 4 rings (SSSR count). The molecule has 0 bridgehead atoms. The summed E-state index contributed by atoms with van der Waals surface area (Å²) >= 11 is 0. The molecule has 0 radical (unpaired) electrons. The second kappa shape index (κ2) is 10.3. The molecule has 0 saturated heterocycles. The van der Waals surface area contributed by atoms with E-state index in [0.29, 0.717) is 5.56 Å². The highest BCUT2D eigenvalue weighted by molar-refractivity contribution is 5.89. The van der Waals surface area contributed by atoms with E-state index in [9.17, 15) is 14.3 Å². The maximum Gasteiger partial charge on any atom is 0.335 e. The van der Waals surface area contributed by atoms with Crippen LogP contribution < -0.4 is 9.47 Å². The first-order valence-electron chi connectivity index (χ1n) is 11.8. The zero-order valence-electron chi connectivity index (χ0n) is 19.9. The lowest BCUT2D eigenvalue weighted by atomic mass is 9.82. The van der Waals surface area contributed by atoms with Crippen molar-refractivity contribution in [1.29, 1.82) is 0 Å². The molecule has 5 heteroatoms. The van der Waals surface area contributed by atoms with Crippen molar-refractivity contribution in [3.63, 3.8) is 0 Å². The molecule has 1 heterocycles. The molecule has 0 aromatic heterocycles. The van der Waals surface area contributed by atoms with Gasteiger partial charge in [0, 0.05) is 11.5 Å². The number of carbonyl (C=O) groups is 1. The van der Waals surface area contributed by atoms with E-state index >= 15 is 0 Å². The van der Waals surface area contributed by atoms with Crippen molar-refractivity contribution in [3.8, 4) is 11.5 Å². The second-order valence-electron chi connectivity index (χ2n) is 9.17. The number of hydrogen-bond donors (Lipinski definition) is 1. The quantitative estimate of drug-likeness (QED) is 0.388. The number of methoxy groups -OCH3 is 1. The number of para-hydroxylation sites is 1. The van der Waals surface area contributed by atoms with Crippen LogP contribution in [0.5, 0.6) is 11.5 Å². The number of aryl methyl sites for hydroxylation is 1. The molecule has 0 fully saturated rings. The molecule has 3 aromatic rings. The van der Waals surface area contributed by atoms with Crippen molar-refractivity contribution < 1.29 is 23.8 Å². The van der Waals surface area contributed by atoms with E-state index in [1.54, 1.807) is 6.07 Å². The van der Waals surface area contributed by atoms with Gasteiger partial charge in [0.1, 0.15) is 5.75 Å². The van der Waals surface area contributed by atoms with Gasteiger partial charge in [0.2, 0.25) is 0 Å². The summed E-state index contributed by atoms with van der Waals surface area (Å²) in [5.74, 6) is 0.267. The topological polar surface area (TPSA) is 55.8 Å².